The lowest BCUT2D eigenvalue weighted by atomic mass is 9.64. The summed E-state index contributed by atoms with van der Waals surface area (Å²) in [5.41, 5.74) is 0.790. The summed E-state index contributed by atoms with van der Waals surface area (Å²) in [4.78, 5) is 0. The maximum absolute atomic E-state index is 6.06. The molecule has 18 heavy (non-hydrogen) atoms. The highest BCUT2D eigenvalue weighted by Gasteiger charge is 2.46. The van der Waals surface area contributed by atoms with Gasteiger partial charge in [0.25, 0.3) is 0 Å². The minimum atomic E-state index is 0.310. The van der Waals surface area contributed by atoms with Crippen molar-refractivity contribution in [3.05, 3.63) is 0 Å². The molecule has 0 radical (unpaired) electrons. The van der Waals surface area contributed by atoms with Crippen LogP contribution in [-0.2, 0) is 4.74 Å². The summed E-state index contributed by atoms with van der Waals surface area (Å²) in [5, 5.41) is 3.67. The Kier molecular flexibility index (Phi) is 3.44. The second-order valence-electron chi connectivity index (χ2n) is 7.54. The zero-order valence-corrected chi connectivity index (χ0v) is 12.1. The van der Waals surface area contributed by atoms with Gasteiger partial charge in [0.05, 0.1) is 5.60 Å². The molecule has 2 saturated carbocycles. The van der Waals surface area contributed by atoms with E-state index in [-0.39, 0.29) is 0 Å². The van der Waals surface area contributed by atoms with Crippen molar-refractivity contribution in [3.63, 3.8) is 0 Å². The molecule has 2 aliphatic carbocycles. The molecule has 3 rings (SSSR count). The van der Waals surface area contributed by atoms with Crippen molar-refractivity contribution in [2.24, 2.45) is 11.3 Å². The van der Waals surface area contributed by atoms with Crippen molar-refractivity contribution < 1.29 is 4.74 Å². The molecule has 3 aliphatic rings. The van der Waals surface area contributed by atoms with E-state index in [1.54, 1.807) is 0 Å². The molecule has 1 saturated heterocycles. The van der Waals surface area contributed by atoms with Gasteiger partial charge in [0.2, 0.25) is 0 Å². The highest BCUT2D eigenvalue weighted by atomic mass is 16.5. The van der Waals surface area contributed by atoms with Crippen LogP contribution in [0.25, 0.3) is 0 Å². The van der Waals surface area contributed by atoms with Crippen LogP contribution in [0.5, 0.6) is 0 Å². The molecule has 1 atom stereocenters. The third-order valence-corrected chi connectivity index (χ3v) is 5.64. The molecule has 1 aliphatic heterocycles. The van der Waals surface area contributed by atoms with Crippen LogP contribution in [0.15, 0.2) is 0 Å². The predicted molar refractivity (Wildman–Crippen MR) is 74.7 cm³/mol. The van der Waals surface area contributed by atoms with Crippen LogP contribution in [0.4, 0.5) is 0 Å². The Balaban J connectivity index is 1.50. The van der Waals surface area contributed by atoms with Gasteiger partial charge in [0.1, 0.15) is 0 Å². The van der Waals surface area contributed by atoms with E-state index in [0.717, 1.165) is 18.6 Å². The molecule has 2 heteroatoms. The van der Waals surface area contributed by atoms with Gasteiger partial charge >= 0.3 is 0 Å². The second kappa shape index (κ2) is 4.79. The molecule has 1 heterocycles. The lowest BCUT2D eigenvalue weighted by Crippen LogP contribution is -2.48. The van der Waals surface area contributed by atoms with E-state index in [1.807, 2.05) is 0 Å². The fourth-order valence-electron chi connectivity index (χ4n) is 3.70. The van der Waals surface area contributed by atoms with Gasteiger partial charge in [-0.3, -0.25) is 0 Å². The van der Waals surface area contributed by atoms with Crippen LogP contribution in [0.2, 0.25) is 0 Å². The Labute approximate surface area is 112 Å². The quantitative estimate of drug-likeness (QED) is 0.807. The predicted octanol–water partition coefficient (Wildman–Crippen LogP) is 3.50. The minimum absolute atomic E-state index is 0.310. The van der Waals surface area contributed by atoms with Crippen molar-refractivity contribution in [2.75, 3.05) is 13.2 Å². The molecule has 0 amide bonds. The van der Waals surface area contributed by atoms with Gasteiger partial charge in [-0.15, -0.1) is 0 Å². The summed E-state index contributed by atoms with van der Waals surface area (Å²) in [6.45, 7) is 7.17. The van der Waals surface area contributed by atoms with Crippen molar-refractivity contribution >= 4 is 0 Å². The number of ether oxygens (including phenoxy) is 1. The van der Waals surface area contributed by atoms with E-state index in [2.05, 4.69) is 19.2 Å². The van der Waals surface area contributed by atoms with Gasteiger partial charge in [0, 0.05) is 12.6 Å². The van der Waals surface area contributed by atoms with Gasteiger partial charge in [-0.25, -0.2) is 0 Å². The molecule has 1 unspecified atom stereocenters. The standard InChI is InChI=1S/C16H29NO/c1-15(2,9-10-17-14-4-5-14)13-6-11-18-16(12-13)7-3-8-16/h13-14,17H,3-12H2,1-2H3. The Bertz CT molecular complexity index is 291. The third kappa shape index (κ3) is 2.75. The number of nitrogens with one attached hydrogen (secondary N) is 1. The molecule has 0 aromatic carbocycles. The zero-order chi connectivity index (χ0) is 12.6. The topological polar surface area (TPSA) is 21.3 Å². The normalized spacial score (nSPS) is 31.3. The number of hydrogen-bond donors (Lipinski definition) is 1. The Hall–Kier alpha value is -0.0800. The first-order valence-electron chi connectivity index (χ1n) is 7.97. The second-order valence-corrected chi connectivity index (χ2v) is 7.54. The van der Waals surface area contributed by atoms with Crippen LogP contribution >= 0.6 is 0 Å². The third-order valence-electron chi connectivity index (χ3n) is 5.64. The zero-order valence-electron chi connectivity index (χ0n) is 12.1. The fourth-order valence-corrected chi connectivity index (χ4v) is 3.70. The molecule has 0 bridgehead atoms. The van der Waals surface area contributed by atoms with Crippen molar-refractivity contribution in [3.8, 4) is 0 Å². The van der Waals surface area contributed by atoms with E-state index < -0.39 is 0 Å². The first-order valence-corrected chi connectivity index (χ1v) is 7.97. The monoisotopic (exact) mass is 251 g/mol. The summed E-state index contributed by atoms with van der Waals surface area (Å²) >= 11 is 0. The number of hydrogen-bond acceptors (Lipinski definition) is 2. The SMILES string of the molecule is CC(C)(CCNC1CC1)C1CCOC2(CCC2)C1. The summed E-state index contributed by atoms with van der Waals surface area (Å²) in [6.07, 6.45) is 10.8. The summed E-state index contributed by atoms with van der Waals surface area (Å²) in [7, 11) is 0. The first kappa shape index (κ1) is 12.9. The average Bonchev–Trinajstić information content (AvgIpc) is 3.11. The smallest absolute Gasteiger partial charge is 0.0685 e. The van der Waals surface area contributed by atoms with Crippen LogP contribution in [-0.4, -0.2) is 24.8 Å². The van der Waals surface area contributed by atoms with Gasteiger partial charge in [0.15, 0.2) is 0 Å². The van der Waals surface area contributed by atoms with Crippen molar-refractivity contribution in [1.82, 2.24) is 5.32 Å². The van der Waals surface area contributed by atoms with Crippen molar-refractivity contribution in [1.29, 1.82) is 0 Å². The van der Waals surface area contributed by atoms with Crippen LogP contribution < -0.4 is 5.32 Å². The summed E-state index contributed by atoms with van der Waals surface area (Å²) in [5.74, 6) is 0.868. The van der Waals surface area contributed by atoms with Gasteiger partial charge in [-0.2, -0.15) is 0 Å². The largest absolute Gasteiger partial charge is 0.375 e. The summed E-state index contributed by atoms with van der Waals surface area (Å²) < 4.78 is 6.06. The fraction of sp³-hybridized carbons (Fsp3) is 1.00. The van der Waals surface area contributed by atoms with E-state index in [4.69, 9.17) is 4.74 Å². The Morgan fingerprint density at radius 3 is 2.61 bits per heavy atom. The minimum Gasteiger partial charge on any atom is -0.375 e. The lowest BCUT2D eigenvalue weighted by molar-refractivity contribution is -0.158. The Morgan fingerprint density at radius 1 is 1.22 bits per heavy atom. The van der Waals surface area contributed by atoms with E-state index in [1.165, 1.54) is 57.9 Å². The number of rotatable bonds is 5. The van der Waals surface area contributed by atoms with Gasteiger partial charge in [-0.05, 0) is 69.2 Å². The molecular formula is C16H29NO. The molecule has 1 N–H and O–H groups in total. The van der Waals surface area contributed by atoms with E-state index in [0.29, 0.717) is 11.0 Å². The first-order chi connectivity index (χ1) is 8.60. The molecule has 104 valence electrons. The highest BCUT2D eigenvalue weighted by molar-refractivity contribution is 4.97. The van der Waals surface area contributed by atoms with Crippen LogP contribution in [0.1, 0.15) is 65.2 Å². The molecule has 3 fully saturated rings. The molecular weight excluding hydrogens is 222 g/mol. The van der Waals surface area contributed by atoms with Crippen LogP contribution in [0.3, 0.4) is 0 Å². The molecule has 2 nitrogen and oxygen atoms in total. The molecule has 1 spiro atoms. The maximum Gasteiger partial charge on any atom is 0.0685 e. The van der Waals surface area contributed by atoms with E-state index >= 15 is 0 Å². The maximum atomic E-state index is 6.06. The van der Waals surface area contributed by atoms with Gasteiger partial charge in [-0.1, -0.05) is 13.8 Å². The van der Waals surface area contributed by atoms with Crippen LogP contribution in [0, 0.1) is 11.3 Å². The highest BCUT2D eigenvalue weighted by Crippen LogP contribution is 2.49. The Morgan fingerprint density at radius 2 is 2.00 bits per heavy atom. The lowest BCUT2D eigenvalue weighted by Gasteiger charge is -2.51. The van der Waals surface area contributed by atoms with Gasteiger partial charge < -0.3 is 10.1 Å². The molecule has 0 aromatic rings. The van der Waals surface area contributed by atoms with Crippen molar-refractivity contribution in [2.45, 2.75) is 76.9 Å². The molecule has 0 aromatic heterocycles. The average molecular weight is 251 g/mol. The summed E-state index contributed by atoms with van der Waals surface area (Å²) in [6, 6.07) is 0.855. The van der Waals surface area contributed by atoms with E-state index in [9.17, 15) is 0 Å².